The van der Waals surface area contributed by atoms with E-state index in [4.69, 9.17) is 9.88 Å². The second-order valence-corrected chi connectivity index (χ2v) is 9.14. The number of sulfonamides is 1. The lowest BCUT2D eigenvalue weighted by Crippen LogP contribution is -2.13. The van der Waals surface area contributed by atoms with Crippen LogP contribution in [0.3, 0.4) is 0 Å². The summed E-state index contributed by atoms with van der Waals surface area (Å²) >= 11 is 1.44. The molecule has 0 saturated carbocycles. The van der Waals surface area contributed by atoms with E-state index >= 15 is 0 Å². The summed E-state index contributed by atoms with van der Waals surface area (Å²) in [7, 11) is -2.58. The smallest absolute Gasteiger partial charge is 0.416 e. The van der Waals surface area contributed by atoms with Crippen LogP contribution in [0.5, 0.6) is 5.75 Å². The van der Waals surface area contributed by atoms with Gasteiger partial charge in [-0.25, -0.2) is 23.5 Å². The predicted molar refractivity (Wildman–Crippen MR) is 120 cm³/mol. The number of rotatable bonds is 8. The third-order valence-electron chi connectivity index (χ3n) is 4.45. The first-order valence-corrected chi connectivity index (χ1v) is 12.1. The number of methoxy groups -OCH3 is 1. The van der Waals surface area contributed by atoms with E-state index in [9.17, 15) is 21.6 Å². The molecule has 0 aliphatic carbocycles. The van der Waals surface area contributed by atoms with Crippen LogP contribution >= 0.6 is 11.8 Å². The molecule has 4 N–H and O–H groups in total. The molecule has 3 rings (SSSR count). The van der Waals surface area contributed by atoms with Gasteiger partial charge < -0.3 is 15.4 Å². The number of primary sulfonamides is 1. The predicted octanol–water partition coefficient (Wildman–Crippen LogP) is 4.23. The number of ether oxygens (including phenoxy) is 1. The highest BCUT2D eigenvalue weighted by atomic mass is 32.2. The molecule has 13 heteroatoms. The number of nitrogens with two attached hydrogens (primary N) is 1. The number of halogens is 3. The Labute approximate surface area is 192 Å². The van der Waals surface area contributed by atoms with Crippen LogP contribution in [-0.4, -0.2) is 31.8 Å². The van der Waals surface area contributed by atoms with Crippen LogP contribution in [0.15, 0.2) is 58.6 Å². The monoisotopic (exact) mass is 499 g/mol. The topological polar surface area (TPSA) is 119 Å². The normalized spacial score (nSPS) is 11.8. The van der Waals surface area contributed by atoms with E-state index in [0.29, 0.717) is 11.4 Å². The molecule has 0 spiro atoms. The zero-order valence-electron chi connectivity index (χ0n) is 17.5. The number of nitrogens with zero attached hydrogens (tertiary/aromatic N) is 2. The van der Waals surface area contributed by atoms with Crippen LogP contribution in [0.2, 0.25) is 0 Å². The molecule has 0 aliphatic heterocycles. The SMILES string of the molecule is COc1cc(Nc2cc(NCc3cc(S(N)(=O)=O)ccc3SC)ncn2)cc(C(F)(F)F)c1. The van der Waals surface area contributed by atoms with Crippen molar-refractivity contribution in [2.24, 2.45) is 5.14 Å². The highest BCUT2D eigenvalue weighted by Gasteiger charge is 2.31. The minimum Gasteiger partial charge on any atom is -0.497 e. The minimum absolute atomic E-state index is 0.0133. The Morgan fingerprint density at radius 3 is 2.45 bits per heavy atom. The van der Waals surface area contributed by atoms with Gasteiger partial charge in [0.2, 0.25) is 10.0 Å². The van der Waals surface area contributed by atoms with Gasteiger partial charge in [-0.15, -0.1) is 11.8 Å². The zero-order valence-corrected chi connectivity index (χ0v) is 19.1. The van der Waals surface area contributed by atoms with E-state index in [1.165, 1.54) is 49.5 Å². The number of nitrogens with one attached hydrogen (secondary N) is 2. The fourth-order valence-electron chi connectivity index (χ4n) is 2.88. The Kier molecular flexibility index (Phi) is 7.34. The second-order valence-electron chi connectivity index (χ2n) is 6.73. The van der Waals surface area contributed by atoms with E-state index in [1.807, 2.05) is 6.26 Å². The molecular weight excluding hydrogens is 479 g/mol. The van der Waals surface area contributed by atoms with Crippen LogP contribution in [0, 0.1) is 0 Å². The van der Waals surface area contributed by atoms with Crippen molar-refractivity contribution in [1.29, 1.82) is 0 Å². The molecule has 0 amide bonds. The second kappa shape index (κ2) is 9.85. The van der Waals surface area contributed by atoms with Gasteiger partial charge in [0.1, 0.15) is 23.7 Å². The van der Waals surface area contributed by atoms with E-state index in [2.05, 4.69) is 20.6 Å². The lowest BCUT2D eigenvalue weighted by Gasteiger charge is -2.14. The molecule has 0 aliphatic rings. The van der Waals surface area contributed by atoms with E-state index in [0.717, 1.165) is 17.0 Å². The van der Waals surface area contributed by atoms with E-state index in [1.54, 1.807) is 6.07 Å². The number of aromatic nitrogens is 2. The molecular formula is C20H20F3N5O3S2. The third-order valence-corrected chi connectivity index (χ3v) is 6.20. The van der Waals surface area contributed by atoms with Gasteiger partial charge >= 0.3 is 6.18 Å². The number of hydrogen-bond donors (Lipinski definition) is 3. The van der Waals surface area contributed by atoms with E-state index < -0.39 is 21.8 Å². The van der Waals surface area contributed by atoms with Crippen molar-refractivity contribution in [3.05, 3.63) is 59.9 Å². The molecule has 2 aromatic carbocycles. The standard InChI is InChI=1S/C20H20F3N5O3S2/c1-31-15-7-13(20(21,22)23)6-14(8-15)28-19-9-18(26-11-27-19)25-10-12-5-16(33(24,29)30)3-4-17(12)32-2/h3-9,11H,10H2,1-2H3,(H2,24,29,30)(H2,25,26,27,28). The number of hydrogen-bond acceptors (Lipinski definition) is 8. The van der Waals surface area contributed by atoms with Crippen LogP contribution < -0.4 is 20.5 Å². The Morgan fingerprint density at radius 1 is 1.09 bits per heavy atom. The van der Waals surface area contributed by atoms with Crippen molar-refractivity contribution in [2.45, 2.75) is 22.5 Å². The van der Waals surface area contributed by atoms with Crippen molar-refractivity contribution in [1.82, 2.24) is 9.97 Å². The Balaban J connectivity index is 1.81. The quantitative estimate of drug-likeness (QED) is 0.394. The maximum Gasteiger partial charge on any atom is 0.416 e. The van der Waals surface area contributed by atoms with Crippen molar-refractivity contribution in [3.63, 3.8) is 0 Å². The third kappa shape index (κ3) is 6.49. The minimum atomic E-state index is -4.54. The average Bonchev–Trinajstić information content (AvgIpc) is 2.76. The summed E-state index contributed by atoms with van der Waals surface area (Å²) in [5, 5.41) is 11.1. The first-order valence-electron chi connectivity index (χ1n) is 9.28. The van der Waals surface area contributed by atoms with Gasteiger partial charge in [0.15, 0.2) is 0 Å². The molecule has 0 unspecified atom stereocenters. The van der Waals surface area contributed by atoms with Crippen molar-refractivity contribution >= 4 is 39.1 Å². The zero-order chi connectivity index (χ0) is 24.2. The fraction of sp³-hybridized carbons (Fsp3) is 0.200. The van der Waals surface area contributed by atoms with Gasteiger partial charge in [-0.3, -0.25) is 0 Å². The van der Waals surface area contributed by atoms with E-state index in [-0.39, 0.29) is 28.7 Å². The van der Waals surface area contributed by atoms with Gasteiger partial charge in [-0.1, -0.05) is 0 Å². The molecule has 3 aromatic rings. The summed E-state index contributed by atoms with van der Waals surface area (Å²) in [5.41, 5.74) is -0.0438. The molecule has 0 atom stereocenters. The van der Waals surface area contributed by atoms with Crippen LogP contribution in [-0.2, 0) is 22.7 Å². The first-order chi connectivity index (χ1) is 15.5. The maximum atomic E-state index is 13.1. The lowest BCUT2D eigenvalue weighted by atomic mass is 10.1. The van der Waals surface area contributed by atoms with Crippen molar-refractivity contribution in [2.75, 3.05) is 24.0 Å². The summed E-state index contributed by atoms with van der Waals surface area (Å²) < 4.78 is 67.7. The molecule has 0 saturated heterocycles. The molecule has 1 aromatic heterocycles. The Morgan fingerprint density at radius 2 is 1.82 bits per heavy atom. The number of benzene rings is 2. The van der Waals surface area contributed by atoms with Crippen LogP contribution in [0.1, 0.15) is 11.1 Å². The molecule has 0 fully saturated rings. The lowest BCUT2D eigenvalue weighted by molar-refractivity contribution is -0.137. The summed E-state index contributed by atoms with van der Waals surface area (Å²) in [6.07, 6.45) is -1.44. The first kappa shape index (κ1) is 24.6. The highest BCUT2D eigenvalue weighted by molar-refractivity contribution is 7.98. The van der Waals surface area contributed by atoms with Crippen LogP contribution in [0.4, 0.5) is 30.5 Å². The van der Waals surface area contributed by atoms with Gasteiger partial charge in [0.05, 0.1) is 17.6 Å². The van der Waals surface area contributed by atoms with Crippen LogP contribution in [0.25, 0.3) is 0 Å². The fourth-order valence-corrected chi connectivity index (χ4v) is 4.04. The summed E-state index contributed by atoms with van der Waals surface area (Å²) in [4.78, 5) is 8.96. The summed E-state index contributed by atoms with van der Waals surface area (Å²) in [5.74, 6) is 0.663. The van der Waals surface area contributed by atoms with Gasteiger partial charge in [-0.05, 0) is 42.2 Å². The average molecular weight is 500 g/mol. The Hall–Kier alpha value is -3.03. The summed E-state index contributed by atoms with van der Waals surface area (Å²) in [6, 6.07) is 9.33. The highest BCUT2D eigenvalue weighted by Crippen LogP contribution is 2.35. The largest absolute Gasteiger partial charge is 0.497 e. The Bertz CT molecular complexity index is 1250. The molecule has 0 bridgehead atoms. The van der Waals surface area contributed by atoms with Gasteiger partial charge in [0, 0.05) is 29.3 Å². The molecule has 1 heterocycles. The molecule has 8 nitrogen and oxygen atoms in total. The molecule has 176 valence electrons. The summed E-state index contributed by atoms with van der Waals surface area (Å²) in [6.45, 7) is 0.230. The van der Waals surface area contributed by atoms with Crippen molar-refractivity contribution in [3.8, 4) is 5.75 Å². The van der Waals surface area contributed by atoms with Gasteiger partial charge in [0.25, 0.3) is 0 Å². The van der Waals surface area contributed by atoms with Gasteiger partial charge in [-0.2, -0.15) is 13.2 Å². The van der Waals surface area contributed by atoms with Crippen molar-refractivity contribution < 1.29 is 26.3 Å². The number of alkyl halides is 3. The maximum absolute atomic E-state index is 13.1. The molecule has 33 heavy (non-hydrogen) atoms. The molecule has 0 radical (unpaired) electrons. The number of thioether (sulfide) groups is 1. The number of anilines is 3.